The topological polar surface area (TPSA) is 94.7 Å². The van der Waals surface area contributed by atoms with Crippen molar-refractivity contribution in [3.63, 3.8) is 0 Å². The maximum atomic E-state index is 11.3. The number of ether oxygens (including phenoxy) is 1. The minimum atomic E-state index is -0.382. The Labute approximate surface area is 111 Å². The molecular weight excluding hydrogens is 246 g/mol. The van der Waals surface area contributed by atoms with Gasteiger partial charge in [0.25, 0.3) is 5.91 Å². The maximum absolute atomic E-state index is 11.3. The fourth-order valence-corrected chi connectivity index (χ4v) is 1.43. The van der Waals surface area contributed by atoms with Gasteiger partial charge in [0, 0.05) is 5.56 Å². The molecule has 0 saturated heterocycles. The van der Waals surface area contributed by atoms with Crippen LogP contribution in [-0.2, 0) is 4.79 Å². The molecule has 0 heterocycles. The van der Waals surface area contributed by atoms with Gasteiger partial charge in [-0.1, -0.05) is 11.2 Å². The molecule has 0 aliphatic rings. The third-order valence-electron chi connectivity index (χ3n) is 2.40. The third kappa shape index (κ3) is 4.32. The minimum Gasteiger partial charge on any atom is -0.483 e. The first kappa shape index (κ1) is 14.5. The van der Waals surface area contributed by atoms with Crippen molar-refractivity contribution >= 4 is 11.6 Å². The van der Waals surface area contributed by atoms with Crippen LogP contribution in [0.4, 0.5) is 0 Å². The monoisotopic (exact) mass is 261 g/mol. The van der Waals surface area contributed by atoms with Gasteiger partial charge < -0.3 is 15.3 Å². The van der Waals surface area contributed by atoms with Gasteiger partial charge in [0.15, 0.2) is 6.61 Å². The van der Waals surface area contributed by atoms with Crippen molar-refractivity contribution in [1.82, 2.24) is 5.32 Å². The molecule has 0 radical (unpaired) electrons. The molecule has 100 valence electrons. The summed E-state index contributed by atoms with van der Waals surface area (Å²) in [7, 11) is 0. The van der Waals surface area contributed by atoms with Crippen LogP contribution in [0.25, 0.3) is 0 Å². The zero-order chi connectivity index (χ0) is 14.3. The Hall–Kier alpha value is -2.55. The largest absolute Gasteiger partial charge is 0.483 e. The first-order chi connectivity index (χ1) is 9.08. The van der Waals surface area contributed by atoms with Crippen molar-refractivity contribution in [2.45, 2.75) is 13.8 Å². The van der Waals surface area contributed by atoms with Crippen molar-refractivity contribution in [3.8, 4) is 11.8 Å². The summed E-state index contributed by atoms with van der Waals surface area (Å²) in [6, 6.07) is 7.17. The average Bonchev–Trinajstić information content (AvgIpc) is 2.42. The standard InChI is InChI=1S/C13H15N3O3/c1-9-3-4-11(10(2)16-18)12(7-9)19-8-13(17)15-6-5-14/h3-4,7,18H,6,8H2,1-2H3,(H,15,17). The highest BCUT2D eigenvalue weighted by Crippen LogP contribution is 2.21. The molecule has 0 fully saturated rings. The number of carbonyl (C=O) groups is 1. The van der Waals surface area contributed by atoms with Gasteiger partial charge in [-0.25, -0.2) is 0 Å². The van der Waals surface area contributed by atoms with Crippen molar-refractivity contribution in [1.29, 1.82) is 5.26 Å². The Bertz CT molecular complexity index is 532. The summed E-state index contributed by atoms with van der Waals surface area (Å²) >= 11 is 0. The van der Waals surface area contributed by atoms with E-state index in [0.717, 1.165) is 5.56 Å². The van der Waals surface area contributed by atoms with Gasteiger partial charge in [-0.2, -0.15) is 5.26 Å². The molecule has 0 unspecified atom stereocenters. The molecule has 0 bridgehead atoms. The Morgan fingerprint density at radius 3 is 2.95 bits per heavy atom. The second kappa shape index (κ2) is 7.01. The quantitative estimate of drug-likeness (QED) is 0.360. The molecule has 0 aromatic heterocycles. The van der Waals surface area contributed by atoms with Gasteiger partial charge >= 0.3 is 0 Å². The van der Waals surface area contributed by atoms with Crippen LogP contribution in [0.3, 0.4) is 0 Å². The summed E-state index contributed by atoms with van der Waals surface area (Å²) < 4.78 is 5.39. The molecular formula is C13H15N3O3. The lowest BCUT2D eigenvalue weighted by molar-refractivity contribution is -0.122. The molecule has 0 atom stereocenters. The normalized spacial score (nSPS) is 10.7. The number of nitrogens with one attached hydrogen (secondary N) is 1. The average molecular weight is 261 g/mol. The number of oxime groups is 1. The number of hydrogen-bond donors (Lipinski definition) is 2. The second-order valence-electron chi connectivity index (χ2n) is 3.91. The number of aryl methyl sites for hydroxylation is 1. The van der Waals surface area contributed by atoms with Crippen LogP contribution in [0.5, 0.6) is 5.75 Å². The fourth-order valence-electron chi connectivity index (χ4n) is 1.43. The van der Waals surface area contributed by atoms with Gasteiger partial charge in [-0.05, 0) is 31.5 Å². The minimum absolute atomic E-state index is 0.0556. The maximum Gasteiger partial charge on any atom is 0.258 e. The first-order valence-electron chi connectivity index (χ1n) is 5.64. The highest BCUT2D eigenvalue weighted by molar-refractivity contribution is 6.00. The zero-order valence-corrected chi connectivity index (χ0v) is 10.8. The fraction of sp³-hybridized carbons (Fsp3) is 0.308. The second-order valence-corrected chi connectivity index (χ2v) is 3.91. The van der Waals surface area contributed by atoms with Crippen molar-refractivity contribution < 1.29 is 14.7 Å². The lowest BCUT2D eigenvalue weighted by Crippen LogP contribution is -2.29. The number of carbonyl (C=O) groups excluding carboxylic acids is 1. The summed E-state index contributed by atoms with van der Waals surface area (Å²) in [6.07, 6.45) is 0. The third-order valence-corrected chi connectivity index (χ3v) is 2.40. The van der Waals surface area contributed by atoms with Crippen LogP contribution < -0.4 is 10.1 Å². The molecule has 6 nitrogen and oxygen atoms in total. The van der Waals surface area contributed by atoms with Gasteiger partial charge in [0.2, 0.25) is 0 Å². The molecule has 2 N–H and O–H groups in total. The van der Waals surface area contributed by atoms with Gasteiger partial charge in [-0.15, -0.1) is 0 Å². The number of rotatable bonds is 5. The van der Waals surface area contributed by atoms with E-state index in [2.05, 4.69) is 10.5 Å². The van der Waals surface area contributed by atoms with Gasteiger partial charge in [0.1, 0.15) is 12.3 Å². The predicted octanol–water partition coefficient (Wildman–Crippen LogP) is 1.21. The smallest absolute Gasteiger partial charge is 0.258 e. The van der Waals surface area contributed by atoms with Crippen LogP contribution in [0.15, 0.2) is 23.4 Å². The van der Waals surface area contributed by atoms with Crippen LogP contribution >= 0.6 is 0 Å². The number of nitriles is 1. The summed E-state index contributed by atoms with van der Waals surface area (Å²) in [5.41, 5.74) is 1.97. The highest BCUT2D eigenvalue weighted by Gasteiger charge is 2.09. The molecule has 1 aromatic rings. The van der Waals surface area contributed by atoms with E-state index in [1.165, 1.54) is 0 Å². The van der Waals surface area contributed by atoms with Gasteiger partial charge in [-0.3, -0.25) is 4.79 Å². The Morgan fingerprint density at radius 2 is 2.32 bits per heavy atom. The first-order valence-corrected chi connectivity index (χ1v) is 5.64. The Kier molecular flexibility index (Phi) is 5.35. The molecule has 0 aliphatic heterocycles. The van der Waals surface area contributed by atoms with Crippen molar-refractivity contribution in [2.75, 3.05) is 13.2 Å². The SMILES string of the molecule is CC(=NO)c1ccc(C)cc1OCC(=O)NCC#N. The summed E-state index contributed by atoms with van der Waals surface area (Å²) in [4.78, 5) is 11.3. The molecule has 0 saturated carbocycles. The molecule has 1 aromatic carbocycles. The van der Waals surface area contributed by atoms with E-state index in [0.29, 0.717) is 17.0 Å². The van der Waals surface area contributed by atoms with Crippen LogP contribution in [0.1, 0.15) is 18.1 Å². The van der Waals surface area contributed by atoms with E-state index in [4.69, 9.17) is 15.2 Å². The van der Waals surface area contributed by atoms with E-state index in [1.54, 1.807) is 25.1 Å². The number of hydrogen-bond acceptors (Lipinski definition) is 5. The zero-order valence-electron chi connectivity index (χ0n) is 10.8. The lowest BCUT2D eigenvalue weighted by atomic mass is 10.1. The van der Waals surface area contributed by atoms with Crippen LogP contribution in [0.2, 0.25) is 0 Å². The summed E-state index contributed by atoms with van der Waals surface area (Å²) in [5.74, 6) is 0.0787. The van der Waals surface area contributed by atoms with E-state index < -0.39 is 0 Å². The molecule has 0 spiro atoms. The number of amides is 1. The molecule has 1 amide bonds. The lowest BCUT2D eigenvalue weighted by Gasteiger charge is -2.11. The van der Waals surface area contributed by atoms with Crippen LogP contribution in [-0.4, -0.2) is 30.0 Å². The Balaban J connectivity index is 2.80. The predicted molar refractivity (Wildman–Crippen MR) is 69.3 cm³/mol. The van der Waals surface area contributed by atoms with E-state index >= 15 is 0 Å². The molecule has 19 heavy (non-hydrogen) atoms. The molecule has 1 rings (SSSR count). The van der Waals surface area contributed by atoms with Crippen molar-refractivity contribution in [3.05, 3.63) is 29.3 Å². The summed E-state index contributed by atoms with van der Waals surface area (Å²) in [6.45, 7) is 3.27. The molecule has 0 aliphatic carbocycles. The van der Waals surface area contributed by atoms with E-state index in [9.17, 15) is 4.79 Å². The van der Waals surface area contributed by atoms with Gasteiger partial charge in [0.05, 0.1) is 11.8 Å². The number of benzene rings is 1. The van der Waals surface area contributed by atoms with Crippen LogP contribution in [0, 0.1) is 18.3 Å². The highest BCUT2D eigenvalue weighted by atomic mass is 16.5. The summed E-state index contributed by atoms with van der Waals surface area (Å²) in [5, 5.41) is 22.6. The Morgan fingerprint density at radius 1 is 1.58 bits per heavy atom. The van der Waals surface area contributed by atoms with E-state index in [-0.39, 0.29) is 19.1 Å². The van der Waals surface area contributed by atoms with Crippen molar-refractivity contribution in [2.24, 2.45) is 5.16 Å². The van der Waals surface area contributed by atoms with E-state index in [1.807, 2.05) is 13.0 Å². The number of nitrogens with zero attached hydrogens (tertiary/aromatic N) is 2. The molecule has 6 heteroatoms.